The quantitative estimate of drug-likeness (QED) is 0.586. The van der Waals surface area contributed by atoms with Gasteiger partial charge < -0.3 is 15.7 Å². The van der Waals surface area contributed by atoms with E-state index in [1.165, 1.54) is 44.1 Å². The second-order valence-electron chi connectivity index (χ2n) is 11.7. The summed E-state index contributed by atoms with van der Waals surface area (Å²) in [4.78, 5) is 30.1. The molecule has 0 spiro atoms. The van der Waals surface area contributed by atoms with Crippen molar-refractivity contribution in [3.63, 3.8) is 0 Å². The first-order chi connectivity index (χ1) is 17.0. The van der Waals surface area contributed by atoms with Crippen LogP contribution < -0.4 is 5.73 Å². The monoisotopic (exact) mass is 481 g/mol. The summed E-state index contributed by atoms with van der Waals surface area (Å²) in [6.07, 6.45) is 12.8. The first-order valence-corrected chi connectivity index (χ1v) is 14.1. The van der Waals surface area contributed by atoms with Gasteiger partial charge in [0.2, 0.25) is 11.8 Å². The van der Waals surface area contributed by atoms with E-state index in [-0.39, 0.29) is 17.9 Å². The first kappa shape index (κ1) is 24.8. The van der Waals surface area contributed by atoms with Crippen molar-refractivity contribution in [2.75, 3.05) is 19.6 Å². The number of aliphatic hydroxyl groups is 1. The van der Waals surface area contributed by atoms with Gasteiger partial charge in [0.25, 0.3) is 0 Å². The molecule has 192 valence electrons. The third kappa shape index (κ3) is 5.75. The molecule has 1 aromatic carbocycles. The molecule has 2 aliphatic carbocycles. The summed E-state index contributed by atoms with van der Waals surface area (Å²) < 4.78 is 0. The Bertz CT molecular complexity index is 877. The number of nitrogens with two attached hydrogens (primary N) is 1. The third-order valence-electron chi connectivity index (χ3n) is 9.47. The molecule has 6 nitrogen and oxygen atoms in total. The highest BCUT2D eigenvalue weighted by molar-refractivity contribution is 5.92. The molecule has 3 N–H and O–H groups in total. The Morgan fingerprint density at radius 2 is 1.66 bits per heavy atom. The van der Waals surface area contributed by atoms with Crippen molar-refractivity contribution in [1.29, 1.82) is 0 Å². The minimum absolute atomic E-state index is 0.0970. The molecule has 2 saturated heterocycles. The van der Waals surface area contributed by atoms with Gasteiger partial charge in [-0.1, -0.05) is 25.0 Å². The Morgan fingerprint density at radius 3 is 2.31 bits per heavy atom. The molecule has 4 aliphatic rings. The summed E-state index contributed by atoms with van der Waals surface area (Å²) in [5.74, 6) is 1.22. The van der Waals surface area contributed by atoms with Gasteiger partial charge in [-0.3, -0.25) is 14.5 Å². The average molecular weight is 482 g/mol. The number of benzene rings is 1. The highest BCUT2D eigenvalue weighted by atomic mass is 16.3. The molecule has 2 atom stereocenters. The SMILES string of the molecule is NC(=O)c1cccc(C2CC3CCC(C2)N3CCN(CC2CCCC2)C(=O)C2CCC(O)CC2)c1. The van der Waals surface area contributed by atoms with E-state index < -0.39 is 0 Å². The summed E-state index contributed by atoms with van der Waals surface area (Å²) in [5.41, 5.74) is 7.37. The largest absolute Gasteiger partial charge is 0.393 e. The molecule has 1 aromatic rings. The molecular formula is C29H43N3O3. The third-order valence-corrected chi connectivity index (χ3v) is 9.47. The molecule has 4 fully saturated rings. The highest BCUT2D eigenvalue weighted by Crippen LogP contribution is 2.43. The fraction of sp³-hybridized carbons (Fsp3) is 0.724. The summed E-state index contributed by atoms with van der Waals surface area (Å²) >= 11 is 0. The van der Waals surface area contributed by atoms with Gasteiger partial charge >= 0.3 is 0 Å². The summed E-state index contributed by atoms with van der Waals surface area (Å²) in [6, 6.07) is 9.02. The second-order valence-corrected chi connectivity index (χ2v) is 11.7. The molecule has 5 rings (SSSR count). The number of nitrogens with zero attached hydrogens (tertiary/aromatic N) is 2. The Labute approximate surface area is 210 Å². The van der Waals surface area contributed by atoms with E-state index in [1.54, 1.807) is 6.07 Å². The van der Waals surface area contributed by atoms with E-state index in [0.29, 0.717) is 35.4 Å². The minimum Gasteiger partial charge on any atom is -0.393 e. The van der Waals surface area contributed by atoms with Gasteiger partial charge in [-0.2, -0.15) is 0 Å². The van der Waals surface area contributed by atoms with Gasteiger partial charge in [0, 0.05) is 43.2 Å². The van der Waals surface area contributed by atoms with Gasteiger partial charge in [-0.05, 0) is 93.7 Å². The Balaban J connectivity index is 1.21. The number of hydrogen-bond acceptors (Lipinski definition) is 4. The summed E-state index contributed by atoms with van der Waals surface area (Å²) in [7, 11) is 0. The maximum atomic E-state index is 13.6. The Kier molecular flexibility index (Phi) is 7.78. The minimum atomic E-state index is -0.355. The molecule has 2 unspecified atom stereocenters. The lowest BCUT2D eigenvalue weighted by molar-refractivity contribution is -0.138. The van der Waals surface area contributed by atoms with Gasteiger partial charge in [-0.25, -0.2) is 0 Å². The lowest BCUT2D eigenvalue weighted by Crippen LogP contribution is -2.49. The predicted octanol–water partition coefficient (Wildman–Crippen LogP) is 4.07. The molecule has 2 amide bonds. The molecule has 6 heteroatoms. The normalized spacial score (nSPS) is 31.5. The number of amides is 2. The molecule has 35 heavy (non-hydrogen) atoms. The molecule has 2 bridgehead atoms. The van der Waals surface area contributed by atoms with Crippen molar-refractivity contribution in [2.24, 2.45) is 17.6 Å². The van der Waals surface area contributed by atoms with E-state index in [0.717, 1.165) is 58.2 Å². The van der Waals surface area contributed by atoms with Crippen LogP contribution in [0.2, 0.25) is 0 Å². The van der Waals surface area contributed by atoms with Crippen LogP contribution in [0.15, 0.2) is 24.3 Å². The predicted molar refractivity (Wildman–Crippen MR) is 137 cm³/mol. The fourth-order valence-corrected chi connectivity index (χ4v) is 7.47. The fourth-order valence-electron chi connectivity index (χ4n) is 7.47. The van der Waals surface area contributed by atoms with Crippen molar-refractivity contribution < 1.29 is 14.7 Å². The topological polar surface area (TPSA) is 86.9 Å². The zero-order chi connectivity index (χ0) is 24.4. The van der Waals surface area contributed by atoms with Crippen LogP contribution in [0, 0.1) is 11.8 Å². The van der Waals surface area contributed by atoms with E-state index in [9.17, 15) is 14.7 Å². The van der Waals surface area contributed by atoms with Gasteiger partial charge in [-0.15, -0.1) is 0 Å². The number of primary amides is 1. The molecular weight excluding hydrogens is 438 g/mol. The van der Waals surface area contributed by atoms with Crippen molar-refractivity contribution in [1.82, 2.24) is 9.80 Å². The van der Waals surface area contributed by atoms with E-state index in [4.69, 9.17) is 5.73 Å². The van der Waals surface area contributed by atoms with Crippen LogP contribution in [0.25, 0.3) is 0 Å². The molecule has 2 aliphatic heterocycles. The number of hydrogen-bond donors (Lipinski definition) is 2. The van der Waals surface area contributed by atoms with Gasteiger partial charge in [0.15, 0.2) is 0 Å². The first-order valence-electron chi connectivity index (χ1n) is 14.1. The molecule has 0 radical (unpaired) electrons. The number of fused-ring (bicyclic) bond motifs is 2. The lowest BCUT2D eigenvalue weighted by atomic mass is 9.84. The lowest BCUT2D eigenvalue weighted by Gasteiger charge is -2.41. The summed E-state index contributed by atoms with van der Waals surface area (Å²) in [5, 5.41) is 9.91. The smallest absolute Gasteiger partial charge is 0.248 e. The second kappa shape index (κ2) is 11.0. The van der Waals surface area contributed by atoms with E-state index in [2.05, 4.69) is 15.9 Å². The van der Waals surface area contributed by atoms with Crippen LogP contribution in [0.1, 0.15) is 98.9 Å². The zero-order valence-corrected chi connectivity index (χ0v) is 21.1. The maximum Gasteiger partial charge on any atom is 0.248 e. The van der Waals surface area contributed by atoms with Crippen LogP contribution in [-0.4, -0.2) is 64.5 Å². The van der Waals surface area contributed by atoms with Crippen LogP contribution >= 0.6 is 0 Å². The van der Waals surface area contributed by atoms with Crippen LogP contribution in [0.4, 0.5) is 0 Å². The van der Waals surface area contributed by atoms with Crippen molar-refractivity contribution >= 4 is 11.8 Å². The van der Waals surface area contributed by atoms with Crippen LogP contribution in [-0.2, 0) is 4.79 Å². The van der Waals surface area contributed by atoms with Crippen LogP contribution in [0.3, 0.4) is 0 Å². The average Bonchev–Trinajstić information content (AvgIpc) is 3.46. The van der Waals surface area contributed by atoms with Crippen molar-refractivity contribution in [2.45, 2.75) is 101 Å². The standard InChI is InChI=1S/C29H43N3O3/c30-28(34)23-7-3-6-22(16-23)24-17-25-10-11-26(18-24)32(25)15-14-31(19-20-4-1-2-5-20)29(35)21-8-12-27(33)13-9-21/h3,6-7,16,20-21,24-27,33H,1-2,4-5,8-15,17-19H2,(H2,30,34). The van der Waals surface area contributed by atoms with E-state index in [1.807, 2.05) is 12.1 Å². The van der Waals surface area contributed by atoms with E-state index >= 15 is 0 Å². The maximum absolute atomic E-state index is 13.6. The molecule has 0 aromatic heterocycles. The number of piperidine rings is 1. The summed E-state index contributed by atoms with van der Waals surface area (Å²) in [6.45, 7) is 2.73. The van der Waals surface area contributed by atoms with Crippen molar-refractivity contribution in [3.05, 3.63) is 35.4 Å². The Hall–Kier alpha value is -1.92. The van der Waals surface area contributed by atoms with Gasteiger partial charge in [0.05, 0.1) is 6.10 Å². The highest BCUT2D eigenvalue weighted by Gasteiger charge is 2.41. The molecule has 2 saturated carbocycles. The van der Waals surface area contributed by atoms with Crippen molar-refractivity contribution in [3.8, 4) is 0 Å². The zero-order valence-electron chi connectivity index (χ0n) is 21.1. The number of aliphatic hydroxyl groups excluding tert-OH is 1. The van der Waals surface area contributed by atoms with Gasteiger partial charge in [0.1, 0.15) is 0 Å². The molecule has 2 heterocycles. The number of rotatable bonds is 8. The Morgan fingerprint density at radius 1 is 0.971 bits per heavy atom. The number of carbonyl (C=O) groups excluding carboxylic acids is 2. The number of carbonyl (C=O) groups is 2. The van der Waals surface area contributed by atoms with Crippen LogP contribution in [0.5, 0.6) is 0 Å².